The van der Waals surface area contributed by atoms with E-state index in [1.54, 1.807) is 0 Å². The van der Waals surface area contributed by atoms with E-state index in [4.69, 9.17) is 5.11 Å². The summed E-state index contributed by atoms with van der Waals surface area (Å²) in [6, 6.07) is 3.49. The Hall–Kier alpha value is -2.11. The minimum absolute atomic E-state index is 0.264. The first-order valence-electron chi connectivity index (χ1n) is 3.91. The number of aromatic hydroxyl groups is 1. The zero-order valence-corrected chi connectivity index (χ0v) is 7.44. The second kappa shape index (κ2) is 4.41. The molecule has 0 fully saturated rings. The average molecular weight is 214 g/mol. The molecule has 0 aromatic heterocycles. The van der Waals surface area contributed by atoms with E-state index in [1.807, 2.05) is 0 Å². The van der Waals surface area contributed by atoms with Crippen LogP contribution in [0.1, 0.15) is 15.9 Å². The van der Waals surface area contributed by atoms with Gasteiger partial charge in [0.1, 0.15) is 11.3 Å². The van der Waals surface area contributed by atoms with Gasteiger partial charge in [-0.05, 0) is 17.7 Å². The van der Waals surface area contributed by atoms with Crippen molar-refractivity contribution < 1.29 is 29.3 Å². The molecular formula is C9H7FO5. The zero-order valence-electron chi connectivity index (χ0n) is 7.44. The van der Waals surface area contributed by atoms with Crippen LogP contribution in [0.5, 0.6) is 5.75 Å². The predicted octanol–water partition coefficient (Wildman–Crippen LogP) is 1.06. The quantitative estimate of drug-likeness (QED) is 0.785. The number of carboxylic acids is 1. The van der Waals surface area contributed by atoms with E-state index in [0.717, 1.165) is 12.1 Å². The molecule has 5 nitrogen and oxygen atoms in total. The van der Waals surface area contributed by atoms with Gasteiger partial charge >= 0.3 is 11.9 Å². The van der Waals surface area contributed by atoms with Gasteiger partial charge in [-0.1, -0.05) is 6.07 Å². The summed E-state index contributed by atoms with van der Waals surface area (Å²) in [7, 11) is 0. The molecule has 0 aliphatic heterocycles. The Bertz CT molecular complexity index is 401. The van der Waals surface area contributed by atoms with Gasteiger partial charge in [0.15, 0.2) is 0 Å². The second-order valence-electron chi connectivity index (χ2n) is 2.78. The van der Waals surface area contributed by atoms with Crippen LogP contribution in [0.4, 0.5) is 4.53 Å². The summed E-state index contributed by atoms with van der Waals surface area (Å²) in [5.74, 6) is -2.88. The summed E-state index contributed by atoms with van der Waals surface area (Å²) in [5, 5.41) is 17.8. The fourth-order valence-corrected chi connectivity index (χ4v) is 1.06. The molecule has 2 N–H and O–H groups in total. The number of carboxylic acid groups (broad SMARTS) is 1. The van der Waals surface area contributed by atoms with Crippen molar-refractivity contribution in [3.8, 4) is 5.75 Å². The minimum Gasteiger partial charge on any atom is -0.507 e. The number of carbonyl (C=O) groups is 2. The smallest absolute Gasteiger partial charge is 0.353 e. The Morgan fingerprint density at radius 2 is 2.07 bits per heavy atom. The van der Waals surface area contributed by atoms with Gasteiger partial charge < -0.3 is 10.2 Å². The third-order valence-corrected chi connectivity index (χ3v) is 1.73. The van der Waals surface area contributed by atoms with Gasteiger partial charge in [-0.25, -0.2) is 9.59 Å². The highest BCUT2D eigenvalue weighted by Gasteiger charge is 2.12. The van der Waals surface area contributed by atoms with Gasteiger partial charge in [0.05, 0.1) is 6.42 Å². The van der Waals surface area contributed by atoms with Crippen molar-refractivity contribution in [1.82, 2.24) is 0 Å². The number of halogens is 1. The average Bonchev–Trinajstić information content (AvgIpc) is 2.17. The van der Waals surface area contributed by atoms with Gasteiger partial charge in [-0.2, -0.15) is 0 Å². The standard InChI is InChI=1S/C9H7FO5/c10-15-8(12)4-5-1-2-6(9(13)14)7(11)3-5/h1-3,11H,4H2,(H,13,14). The summed E-state index contributed by atoms with van der Waals surface area (Å²) in [6.07, 6.45) is -0.371. The monoisotopic (exact) mass is 214 g/mol. The molecule has 1 aromatic rings. The number of benzene rings is 1. The first kappa shape index (κ1) is 11.0. The molecule has 0 saturated heterocycles. The largest absolute Gasteiger partial charge is 0.507 e. The van der Waals surface area contributed by atoms with E-state index in [9.17, 15) is 19.2 Å². The Labute approximate surface area is 83.6 Å². The minimum atomic E-state index is -1.29. The van der Waals surface area contributed by atoms with Gasteiger partial charge in [0, 0.05) is 4.53 Å². The number of phenols is 1. The maximum absolute atomic E-state index is 11.4. The van der Waals surface area contributed by atoms with Crippen molar-refractivity contribution in [1.29, 1.82) is 0 Å². The normalized spacial score (nSPS) is 9.67. The first-order chi connectivity index (χ1) is 7.04. The third kappa shape index (κ3) is 2.67. The molecule has 0 amide bonds. The Kier molecular flexibility index (Phi) is 3.22. The van der Waals surface area contributed by atoms with Gasteiger partial charge in [0.25, 0.3) is 0 Å². The van der Waals surface area contributed by atoms with Crippen molar-refractivity contribution >= 4 is 11.9 Å². The van der Waals surface area contributed by atoms with Crippen LogP contribution in [0.15, 0.2) is 18.2 Å². The molecule has 0 bridgehead atoms. The summed E-state index contributed by atoms with van der Waals surface area (Å²) in [4.78, 5) is 24.0. The zero-order chi connectivity index (χ0) is 11.4. The molecule has 0 atom stereocenters. The fourth-order valence-electron chi connectivity index (χ4n) is 1.06. The van der Waals surface area contributed by atoms with E-state index in [2.05, 4.69) is 4.94 Å². The number of rotatable bonds is 3. The van der Waals surface area contributed by atoms with Gasteiger partial charge in [0.2, 0.25) is 0 Å². The molecule has 1 aromatic carbocycles. The molecule has 80 valence electrons. The molecule has 0 saturated carbocycles. The number of carbonyl (C=O) groups excluding carboxylic acids is 1. The highest BCUT2D eigenvalue weighted by Crippen LogP contribution is 2.19. The maximum atomic E-state index is 11.4. The second-order valence-corrected chi connectivity index (χ2v) is 2.78. The third-order valence-electron chi connectivity index (χ3n) is 1.73. The SMILES string of the molecule is O=C(Cc1ccc(C(=O)O)c(O)c1)OF. The lowest BCUT2D eigenvalue weighted by Gasteiger charge is -2.02. The van der Waals surface area contributed by atoms with Crippen molar-refractivity contribution in [2.24, 2.45) is 0 Å². The molecule has 0 aliphatic rings. The van der Waals surface area contributed by atoms with Crippen LogP contribution in [0, 0.1) is 0 Å². The molecule has 0 unspecified atom stereocenters. The van der Waals surface area contributed by atoms with E-state index in [-0.39, 0.29) is 17.5 Å². The van der Waals surface area contributed by atoms with Crippen LogP contribution < -0.4 is 0 Å². The summed E-state index contributed by atoms with van der Waals surface area (Å²) in [6.45, 7) is 0. The molecule has 1 rings (SSSR count). The number of hydrogen-bond donors (Lipinski definition) is 2. The number of hydrogen-bond acceptors (Lipinski definition) is 4. The molecular weight excluding hydrogens is 207 g/mol. The molecule has 0 aliphatic carbocycles. The molecule has 15 heavy (non-hydrogen) atoms. The Balaban J connectivity index is 2.91. The molecule has 0 spiro atoms. The van der Waals surface area contributed by atoms with Crippen LogP contribution in [-0.2, 0) is 16.2 Å². The van der Waals surface area contributed by atoms with Crippen molar-refractivity contribution in [3.63, 3.8) is 0 Å². The highest BCUT2D eigenvalue weighted by molar-refractivity contribution is 5.91. The van der Waals surface area contributed by atoms with Crippen LogP contribution >= 0.6 is 0 Å². The molecule has 6 heteroatoms. The lowest BCUT2D eigenvalue weighted by Crippen LogP contribution is -2.03. The summed E-state index contributed by atoms with van der Waals surface area (Å²) >= 11 is 0. The first-order valence-corrected chi connectivity index (χ1v) is 3.91. The fraction of sp³-hybridized carbons (Fsp3) is 0.111. The van der Waals surface area contributed by atoms with Crippen molar-refractivity contribution in [2.75, 3.05) is 0 Å². The van der Waals surface area contributed by atoms with E-state index >= 15 is 0 Å². The van der Waals surface area contributed by atoms with E-state index in [1.165, 1.54) is 6.07 Å². The van der Waals surface area contributed by atoms with E-state index in [0.29, 0.717) is 0 Å². The number of aromatic carboxylic acids is 1. The van der Waals surface area contributed by atoms with Gasteiger partial charge in [-0.3, -0.25) is 4.94 Å². The summed E-state index contributed by atoms with van der Waals surface area (Å²) < 4.78 is 11.4. The lowest BCUT2D eigenvalue weighted by atomic mass is 10.1. The van der Waals surface area contributed by atoms with Crippen LogP contribution in [0.3, 0.4) is 0 Å². The lowest BCUT2D eigenvalue weighted by molar-refractivity contribution is -0.182. The highest BCUT2D eigenvalue weighted by atomic mass is 19.3. The van der Waals surface area contributed by atoms with Crippen molar-refractivity contribution in [3.05, 3.63) is 29.3 Å². The predicted molar refractivity (Wildman–Crippen MR) is 46.0 cm³/mol. The Morgan fingerprint density at radius 3 is 2.53 bits per heavy atom. The van der Waals surface area contributed by atoms with Crippen LogP contribution in [0.2, 0.25) is 0 Å². The van der Waals surface area contributed by atoms with Gasteiger partial charge in [-0.15, -0.1) is 0 Å². The topological polar surface area (TPSA) is 83.8 Å². The maximum Gasteiger partial charge on any atom is 0.353 e. The van der Waals surface area contributed by atoms with Crippen LogP contribution in [-0.4, -0.2) is 22.2 Å². The Morgan fingerprint density at radius 1 is 1.40 bits per heavy atom. The molecule has 0 radical (unpaired) electrons. The van der Waals surface area contributed by atoms with Crippen molar-refractivity contribution in [2.45, 2.75) is 6.42 Å². The molecule has 0 heterocycles. The van der Waals surface area contributed by atoms with E-state index < -0.39 is 17.7 Å². The van der Waals surface area contributed by atoms with Crippen LogP contribution in [0.25, 0.3) is 0 Å². The summed E-state index contributed by atoms with van der Waals surface area (Å²) in [5.41, 5.74) is -0.0208.